The minimum Gasteiger partial charge on any atom is -0.309 e. The molecule has 0 fully saturated rings. The first-order valence-electron chi connectivity index (χ1n) is 14.4. The van der Waals surface area contributed by atoms with Crippen molar-refractivity contribution in [3.63, 3.8) is 0 Å². The molecule has 0 aliphatic rings. The highest BCUT2D eigenvalue weighted by atomic mass is 15.0. The molecule has 0 spiro atoms. The van der Waals surface area contributed by atoms with Gasteiger partial charge >= 0.3 is 0 Å². The lowest BCUT2D eigenvalue weighted by Crippen LogP contribution is -2.11. The fourth-order valence-electron chi connectivity index (χ4n) is 6.01. The first kappa shape index (κ1) is 25.1. The zero-order valence-corrected chi connectivity index (χ0v) is 23.8. The van der Waals surface area contributed by atoms with Crippen LogP contribution in [0.15, 0.2) is 146 Å². The molecule has 0 atom stereocenters. The molecule has 41 heavy (non-hydrogen) atoms. The van der Waals surface area contributed by atoms with Crippen molar-refractivity contribution in [3.8, 4) is 39.1 Å². The number of para-hydroxylation sites is 2. The summed E-state index contributed by atoms with van der Waals surface area (Å²) >= 11 is 0. The fourth-order valence-corrected chi connectivity index (χ4v) is 6.01. The number of aromatic nitrogens is 1. The van der Waals surface area contributed by atoms with E-state index in [2.05, 4.69) is 171 Å². The highest BCUT2D eigenvalue weighted by Gasteiger charge is 2.18. The monoisotopic (exact) mass is 527 g/mol. The summed E-state index contributed by atoms with van der Waals surface area (Å²) in [5, 5.41) is 2.56. The molecule has 0 radical (unpaired) electrons. The molecule has 0 saturated heterocycles. The number of rotatable bonds is 4. The standard InChI is InChI=1S/C40H33N/c1-40(2,3)33-26-31(28-14-6-4-7-15-28)25-32(27-33)29-16-12-17-30(24-29)35-21-13-23-38-39(35)36-20-10-11-22-37(36)41(38)34-18-8-5-9-19-34/h4-27H,1-3H3. The van der Waals surface area contributed by atoms with E-state index < -0.39 is 0 Å². The van der Waals surface area contributed by atoms with E-state index in [9.17, 15) is 0 Å². The van der Waals surface area contributed by atoms with Crippen LogP contribution in [0.1, 0.15) is 26.3 Å². The molecule has 0 aliphatic carbocycles. The van der Waals surface area contributed by atoms with Gasteiger partial charge in [-0.05, 0) is 80.8 Å². The van der Waals surface area contributed by atoms with Gasteiger partial charge in [0, 0.05) is 16.5 Å². The summed E-state index contributed by atoms with van der Waals surface area (Å²) in [7, 11) is 0. The van der Waals surface area contributed by atoms with Crippen LogP contribution in [0.5, 0.6) is 0 Å². The Morgan fingerprint density at radius 3 is 1.76 bits per heavy atom. The first-order valence-corrected chi connectivity index (χ1v) is 14.4. The van der Waals surface area contributed by atoms with Crippen LogP contribution in [-0.2, 0) is 5.41 Å². The van der Waals surface area contributed by atoms with Gasteiger partial charge < -0.3 is 4.57 Å². The summed E-state index contributed by atoms with van der Waals surface area (Å²) in [6, 6.07) is 53.0. The Morgan fingerprint density at radius 2 is 1.00 bits per heavy atom. The van der Waals surface area contributed by atoms with Gasteiger partial charge in [-0.3, -0.25) is 0 Å². The number of fused-ring (bicyclic) bond motifs is 3. The van der Waals surface area contributed by atoms with Gasteiger partial charge in [-0.15, -0.1) is 0 Å². The van der Waals surface area contributed by atoms with Crippen LogP contribution in [-0.4, -0.2) is 4.57 Å². The van der Waals surface area contributed by atoms with E-state index in [0.29, 0.717) is 0 Å². The van der Waals surface area contributed by atoms with Gasteiger partial charge in [-0.2, -0.15) is 0 Å². The van der Waals surface area contributed by atoms with Crippen molar-refractivity contribution in [2.45, 2.75) is 26.2 Å². The van der Waals surface area contributed by atoms with E-state index >= 15 is 0 Å². The number of hydrogen-bond acceptors (Lipinski definition) is 0. The van der Waals surface area contributed by atoms with Crippen molar-refractivity contribution in [1.82, 2.24) is 4.57 Å². The predicted molar refractivity (Wildman–Crippen MR) is 176 cm³/mol. The summed E-state index contributed by atoms with van der Waals surface area (Å²) in [5.74, 6) is 0. The quantitative estimate of drug-likeness (QED) is 0.214. The lowest BCUT2D eigenvalue weighted by Gasteiger charge is -2.22. The van der Waals surface area contributed by atoms with E-state index in [4.69, 9.17) is 0 Å². The maximum atomic E-state index is 2.39. The summed E-state index contributed by atoms with van der Waals surface area (Å²) in [6.45, 7) is 6.88. The predicted octanol–water partition coefficient (Wildman–Crippen LogP) is 11.1. The zero-order chi connectivity index (χ0) is 28.0. The average Bonchev–Trinajstić information content (AvgIpc) is 3.36. The summed E-state index contributed by atoms with van der Waals surface area (Å²) in [5.41, 5.74) is 12.5. The molecule has 1 nitrogen and oxygen atoms in total. The Balaban J connectivity index is 1.43. The smallest absolute Gasteiger partial charge is 0.0547 e. The largest absolute Gasteiger partial charge is 0.309 e. The third kappa shape index (κ3) is 4.54. The molecule has 0 N–H and O–H groups in total. The van der Waals surface area contributed by atoms with Crippen LogP contribution < -0.4 is 0 Å². The number of hydrogen-bond donors (Lipinski definition) is 0. The Bertz CT molecular complexity index is 2000. The van der Waals surface area contributed by atoms with Crippen LogP contribution in [0.4, 0.5) is 0 Å². The SMILES string of the molecule is CC(C)(C)c1cc(-c2ccccc2)cc(-c2cccc(-c3cccc4c3c3ccccc3n4-c3ccccc3)c2)c1. The van der Waals surface area contributed by atoms with Crippen LogP contribution >= 0.6 is 0 Å². The van der Waals surface area contributed by atoms with Gasteiger partial charge in [0.1, 0.15) is 0 Å². The minimum absolute atomic E-state index is 0.0437. The summed E-state index contributed by atoms with van der Waals surface area (Å²) in [4.78, 5) is 0. The maximum absolute atomic E-state index is 2.39. The van der Waals surface area contributed by atoms with Gasteiger partial charge in [0.2, 0.25) is 0 Å². The van der Waals surface area contributed by atoms with Crippen molar-refractivity contribution in [2.24, 2.45) is 0 Å². The first-order chi connectivity index (χ1) is 20.0. The molecule has 0 unspecified atom stereocenters. The zero-order valence-electron chi connectivity index (χ0n) is 23.8. The van der Waals surface area contributed by atoms with Gasteiger partial charge in [0.05, 0.1) is 11.0 Å². The molecule has 6 aromatic carbocycles. The van der Waals surface area contributed by atoms with Gasteiger partial charge in [0.25, 0.3) is 0 Å². The fraction of sp³-hybridized carbons (Fsp3) is 0.100. The topological polar surface area (TPSA) is 4.93 Å². The van der Waals surface area contributed by atoms with Crippen molar-refractivity contribution in [2.75, 3.05) is 0 Å². The second-order valence-electron chi connectivity index (χ2n) is 11.9. The highest BCUT2D eigenvalue weighted by molar-refractivity contribution is 6.15. The second-order valence-corrected chi connectivity index (χ2v) is 11.9. The molecule has 1 heterocycles. The Labute approximate surface area is 242 Å². The minimum atomic E-state index is 0.0437. The van der Waals surface area contributed by atoms with Crippen LogP contribution in [0.3, 0.4) is 0 Å². The van der Waals surface area contributed by atoms with Crippen molar-refractivity contribution >= 4 is 21.8 Å². The third-order valence-electron chi connectivity index (χ3n) is 8.13. The molecule has 7 rings (SSSR count). The van der Waals surface area contributed by atoms with E-state index in [-0.39, 0.29) is 5.41 Å². The molecule has 0 aliphatic heterocycles. The molecule has 1 aromatic heterocycles. The molecule has 7 aromatic rings. The van der Waals surface area contributed by atoms with Gasteiger partial charge in [-0.25, -0.2) is 0 Å². The second kappa shape index (κ2) is 9.94. The van der Waals surface area contributed by atoms with Gasteiger partial charge in [0.15, 0.2) is 0 Å². The Morgan fingerprint density at radius 1 is 0.439 bits per heavy atom. The molecule has 0 saturated carbocycles. The van der Waals surface area contributed by atoms with Crippen molar-refractivity contribution in [3.05, 3.63) is 151 Å². The highest BCUT2D eigenvalue weighted by Crippen LogP contribution is 2.40. The van der Waals surface area contributed by atoms with Crippen LogP contribution in [0, 0.1) is 0 Å². The normalized spacial score (nSPS) is 11.8. The third-order valence-corrected chi connectivity index (χ3v) is 8.13. The molecular formula is C40H33N. The summed E-state index contributed by atoms with van der Waals surface area (Å²) < 4.78 is 2.39. The molecule has 0 amide bonds. The van der Waals surface area contributed by atoms with E-state index in [1.807, 2.05) is 0 Å². The molecular weight excluding hydrogens is 494 g/mol. The Hall–Kier alpha value is -4.88. The average molecular weight is 528 g/mol. The van der Waals surface area contributed by atoms with Crippen LogP contribution in [0.25, 0.3) is 60.9 Å². The lowest BCUT2D eigenvalue weighted by molar-refractivity contribution is 0.590. The van der Waals surface area contributed by atoms with E-state index in [0.717, 1.165) is 0 Å². The molecule has 0 bridgehead atoms. The molecule has 198 valence electrons. The Kier molecular flexibility index (Phi) is 6.09. The maximum Gasteiger partial charge on any atom is 0.0547 e. The van der Waals surface area contributed by atoms with E-state index in [1.54, 1.807) is 0 Å². The van der Waals surface area contributed by atoms with Gasteiger partial charge in [-0.1, -0.05) is 130 Å². The van der Waals surface area contributed by atoms with Crippen LogP contribution in [0.2, 0.25) is 0 Å². The van der Waals surface area contributed by atoms with Crippen molar-refractivity contribution < 1.29 is 0 Å². The van der Waals surface area contributed by atoms with E-state index in [1.165, 1.54) is 66.4 Å². The lowest BCUT2D eigenvalue weighted by atomic mass is 9.83. The molecule has 1 heteroatoms. The number of nitrogens with zero attached hydrogens (tertiary/aromatic N) is 1. The van der Waals surface area contributed by atoms with Crippen molar-refractivity contribution in [1.29, 1.82) is 0 Å². The number of benzene rings is 6. The summed E-state index contributed by atoms with van der Waals surface area (Å²) in [6.07, 6.45) is 0.